The lowest BCUT2D eigenvalue weighted by Crippen LogP contribution is -2.49. The largest absolute Gasteiger partial charge is 0.396 e. The fourth-order valence-electron chi connectivity index (χ4n) is 5.47. The van der Waals surface area contributed by atoms with Gasteiger partial charge in [-0.15, -0.1) is 0 Å². The zero-order valence-electron chi connectivity index (χ0n) is 25.1. The molecule has 0 radical (unpaired) electrons. The third-order valence-corrected chi connectivity index (χ3v) is 7.84. The Morgan fingerprint density at radius 3 is 2.52 bits per heavy atom. The molecule has 4 aromatic rings. The van der Waals surface area contributed by atoms with Gasteiger partial charge in [-0.05, 0) is 49.8 Å². The van der Waals surface area contributed by atoms with Crippen LogP contribution in [0.15, 0.2) is 67.3 Å². The molecule has 2 amide bonds. The number of aliphatic hydroxyl groups is 1. The zero-order chi connectivity index (χ0) is 30.9. The Labute approximate surface area is 257 Å². The van der Waals surface area contributed by atoms with E-state index in [0.29, 0.717) is 42.7 Å². The molecular formula is C32H38N10O2. The van der Waals surface area contributed by atoms with Gasteiger partial charge in [-0.1, -0.05) is 30.3 Å². The summed E-state index contributed by atoms with van der Waals surface area (Å²) in [6, 6.07) is 15.8. The van der Waals surface area contributed by atoms with Crippen LogP contribution in [0.2, 0.25) is 0 Å². The molecule has 0 atom stereocenters. The van der Waals surface area contributed by atoms with Crippen molar-refractivity contribution in [2.45, 2.75) is 50.7 Å². The first-order valence-corrected chi connectivity index (χ1v) is 14.9. The SMILES string of the molecule is CN(CCCO)c1nc(NC2CCC(N(C(=O)NCc3ccccc3)c3ccc(-c4cnn(C)c4)cn3)CC2)ncc1C#N. The number of carbonyl (C=O) groups is 1. The molecule has 12 heteroatoms. The third-order valence-electron chi connectivity index (χ3n) is 7.84. The minimum atomic E-state index is -0.183. The highest BCUT2D eigenvalue weighted by Gasteiger charge is 2.31. The molecule has 3 heterocycles. The molecule has 1 aliphatic carbocycles. The van der Waals surface area contributed by atoms with Gasteiger partial charge in [0.25, 0.3) is 0 Å². The molecule has 1 aliphatic rings. The number of benzene rings is 1. The molecule has 3 aromatic heterocycles. The Bertz CT molecular complexity index is 1560. The first kappa shape index (κ1) is 30.4. The standard InChI is InChI=1S/C32H38N10O2/c1-40(15-6-16-43)30-25(17-33)20-35-31(39-30)38-27-10-12-28(13-11-27)42(32(44)36-18-23-7-4-3-5-8-23)29-14-9-24(19-34-29)26-21-37-41(2)22-26/h3-5,7-9,14,19-22,27-28,43H,6,10-13,15-16,18H2,1-2H3,(H,36,44)(H,35,38,39). The first-order chi connectivity index (χ1) is 21.4. The van der Waals surface area contributed by atoms with Crippen molar-refractivity contribution in [1.82, 2.24) is 30.0 Å². The summed E-state index contributed by atoms with van der Waals surface area (Å²) in [5.74, 6) is 1.60. The van der Waals surface area contributed by atoms with Crippen LogP contribution in [0.25, 0.3) is 11.1 Å². The first-order valence-electron chi connectivity index (χ1n) is 14.9. The van der Waals surface area contributed by atoms with Gasteiger partial charge in [0.15, 0.2) is 5.82 Å². The van der Waals surface area contributed by atoms with E-state index in [1.165, 1.54) is 6.20 Å². The summed E-state index contributed by atoms with van der Waals surface area (Å²) in [6.45, 7) is 1.06. The van der Waals surface area contributed by atoms with Crippen molar-refractivity contribution in [3.63, 3.8) is 0 Å². The monoisotopic (exact) mass is 594 g/mol. The van der Waals surface area contributed by atoms with E-state index in [9.17, 15) is 15.2 Å². The zero-order valence-corrected chi connectivity index (χ0v) is 25.1. The number of rotatable bonds is 11. The summed E-state index contributed by atoms with van der Waals surface area (Å²) in [6.07, 6.45) is 10.8. The number of aliphatic hydroxyl groups excluding tert-OH is 1. The van der Waals surface area contributed by atoms with Crippen LogP contribution in [0.4, 0.5) is 22.4 Å². The molecule has 228 valence electrons. The maximum absolute atomic E-state index is 13.7. The number of amides is 2. The van der Waals surface area contributed by atoms with Crippen LogP contribution >= 0.6 is 0 Å². The predicted molar refractivity (Wildman–Crippen MR) is 169 cm³/mol. The van der Waals surface area contributed by atoms with Gasteiger partial charge in [0.1, 0.15) is 17.5 Å². The minimum absolute atomic E-state index is 0.0392. The molecule has 0 aliphatic heterocycles. The molecular weight excluding hydrogens is 556 g/mol. The van der Waals surface area contributed by atoms with E-state index in [1.807, 2.05) is 67.7 Å². The summed E-state index contributed by atoms with van der Waals surface area (Å²) in [5.41, 5.74) is 3.31. The highest BCUT2D eigenvalue weighted by molar-refractivity contribution is 5.91. The van der Waals surface area contributed by atoms with E-state index in [-0.39, 0.29) is 24.7 Å². The smallest absolute Gasteiger partial charge is 0.323 e. The van der Waals surface area contributed by atoms with E-state index < -0.39 is 0 Å². The molecule has 0 spiro atoms. The summed E-state index contributed by atoms with van der Waals surface area (Å²) in [4.78, 5) is 31.0. The van der Waals surface area contributed by atoms with Crippen LogP contribution in [-0.2, 0) is 13.6 Å². The number of hydrogen-bond donors (Lipinski definition) is 3. The van der Waals surface area contributed by atoms with Crippen molar-refractivity contribution in [3.05, 3.63) is 78.4 Å². The number of aryl methyl sites for hydroxylation is 1. The second-order valence-corrected chi connectivity index (χ2v) is 11.0. The van der Waals surface area contributed by atoms with Gasteiger partial charge >= 0.3 is 6.03 Å². The van der Waals surface area contributed by atoms with E-state index in [1.54, 1.807) is 22.0 Å². The average Bonchev–Trinajstić information content (AvgIpc) is 3.50. The number of nitriles is 1. The minimum Gasteiger partial charge on any atom is -0.396 e. The Hall–Kier alpha value is -5.02. The Kier molecular flexibility index (Phi) is 9.99. The maximum Gasteiger partial charge on any atom is 0.323 e. The van der Waals surface area contributed by atoms with Crippen LogP contribution in [0, 0.1) is 11.3 Å². The van der Waals surface area contributed by atoms with Crippen LogP contribution in [-0.4, -0.2) is 68.2 Å². The molecule has 1 fully saturated rings. The van der Waals surface area contributed by atoms with Crippen molar-refractivity contribution < 1.29 is 9.90 Å². The van der Waals surface area contributed by atoms with E-state index in [0.717, 1.165) is 42.4 Å². The second-order valence-electron chi connectivity index (χ2n) is 11.0. The quantitative estimate of drug-likeness (QED) is 0.233. The average molecular weight is 595 g/mol. The number of nitrogens with zero attached hydrogens (tertiary/aromatic N) is 8. The number of anilines is 3. The third kappa shape index (κ3) is 7.48. The van der Waals surface area contributed by atoms with Crippen LogP contribution in [0.3, 0.4) is 0 Å². The van der Waals surface area contributed by atoms with Crippen molar-refractivity contribution >= 4 is 23.6 Å². The number of carbonyl (C=O) groups excluding carboxylic acids is 1. The lowest BCUT2D eigenvalue weighted by Gasteiger charge is -2.36. The highest BCUT2D eigenvalue weighted by Crippen LogP contribution is 2.30. The van der Waals surface area contributed by atoms with E-state index in [2.05, 4.69) is 31.8 Å². The maximum atomic E-state index is 13.7. The van der Waals surface area contributed by atoms with Gasteiger partial charge < -0.3 is 20.6 Å². The molecule has 1 aromatic carbocycles. The van der Waals surface area contributed by atoms with Crippen molar-refractivity contribution in [1.29, 1.82) is 5.26 Å². The lowest BCUT2D eigenvalue weighted by molar-refractivity contribution is 0.240. The Balaban J connectivity index is 1.28. The number of hydrogen-bond acceptors (Lipinski definition) is 9. The van der Waals surface area contributed by atoms with Crippen LogP contribution in [0.5, 0.6) is 0 Å². The lowest BCUT2D eigenvalue weighted by atomic mass is 9.90. The molecule has 5 rings (SSSR count). The van der Waals surface area contributed by atoms with Gasteiger partial charge in [-0.3, -0.25) is 9.58 Å². The summed E-state index contributed by atoms with van der Waals surface area (Å²) in [7, 11) is 3.72. The normalized spacial score (nSPS) is 16.1. The second kappa shape index (κ2) is 14.4. The number of urea groups is 1. The molecule has 0 saturated heterocycles. The van der Waals surface area contributed by atoms with Crippen molar-refractivity contribution in [2.24, 2.45) is 7.05 Å². The van der Waals surface area contributed by atoms with E-state index in [4.69, 9.17) is 4.98 Å². The van der Waals surface area contributed by atoms with Gasteiger partial charge in [0, 0.05) is 69.4 Å². The number of pyridine rings is 1. The predicted octanol–water partition coefficient (Wildman–Crippen LogP) is 4.10. The van der Waals surface area contributed by atoms with Gasteiger partial charge in [0.2, 0.25) is 5.95 Å². The Morgan fingerprint density at radius 2 is 1.86 bits per heavy atom. The number of nitrogens with one attached hydrogen (secondary N) is 2. The molecule has 12 nitrogen and oxygen atoms in total. The summed E-state index contributed by atoms with van der Waals surface area (Å²) in [5, 5.41) is 29.5. The fraction of sp³-hybridized carbons (Fsp3) is 0.375. The molecule has 3 N–H and O–H groups in total. The molecule has 0 unspecified atom stereocenters. The molecule has 0 bridgehead atoms. The van der Waals surface area contributed by atoms with Crippen molar-refractivity contribution in [3.8, 4) is 17.2 Å². The summed E-state index contributed by atoms with van der Waals surface area (Å²) < 4.78 is 1.75. The fourth-order valence-corrected chi connectivity index (χ4v) is 5.47. The van der Waals surface area contributed by atoms with Gasteiger partial charge in [-0.25, -0.2) is 14.8 Å². The Morgan fingerprint density at radius 1 is 1.07 bits per heavy atom. The topological polar surface area (TPSA) is 148 Å². The number of aromatic nitrogens is 5. The summed E-state index contributed by atoms with van der Waals surface area (Å²) >= 11 is 0. The molecule has 44 heavy (non-hydrogen) atoms. The molecule has 1 saturated carbocycles. The van der Waals surface area contributed by atoms with Crippen molar-refractivity contribution in [2.75, 3.05) is 35.3 Å². The van der Waals surface area contributed by atoms with Crippen LogP contribution in [0.1, 0.15) is 43.2 Å². The van der Waals surface area contributed by atoms with Crippen LogP contribution < -0.4 is 20.4 Å². The van der Waals surface area contributed by atoms with Gasteiger partial charge in [-0.2, -0.15) is 15.3 Å². The van der Waals surface area contributed by atoms with E-state index >= 15 is 0 Å². The highest BCUT2D eigenvalue weighted by atomic mass is 16.3. The van der Waals surface area contributed by atoms with Gasteiger partial charge in [0.05, 0.1) is 12.4 Å².